The van der Waals surface area contributed by atoms with E-state index in [-0.39, 0.29) is 0 Å². The summed E-state index contributed by atoms with van der Waals surface area (Å²) in [6.45, 7) is 2.45. The van der Waals surface area contributed by atoms with Crippen molar-refractivity contribution in [2.45, 2.75) is 32.1 Å². The normalized spacial score (nSPS) is 16.8. The molecule has 1 saturated carbocycles. The third kappa shape index (κ3) is 5.90. The smallest absolute Gasteiger partial charge is 0.00411 e. The van der Waals surface area contributed by atoms with Crippen molar-refractivity contribution in [1.29, 1.82) is 0 Å². The van der Waals surface area contributed by atoms with E-state index in [1.54, 1.807) is 0 Å². The fourth-order valence-electron chi connectivity index (χ4n) is 1.39. The Balaban J connectivity index is 1.65. The molecule has 12 heavy (non-hydrogen) atoms. The van der Waals surface area contributed by atoms with Crippen LogP contribution in [-0.2, 0) is 0 Å². The lowest BCUT2D eigenvalue weighted by atomic mass is 10.2. The Morgan fingerprint density at radius 1 is 1.25 bits per heavy atom. The van der Waals surface area contributed by atoms with Crippen LogP contribution in [0, 0.1) is 5.92 Å². The molecule has 72 valence electrons. The zero-order chi connectivity index (χ0) is 8.65. The van der Waals surface area contributed by atoms with Gasteiger partial charge in [-0.25, -0.2) is 0 Å². The lowest BCUT2D eigenvalue weighted by Gasteiger charge is -2.02. The first-order valence-electron chi connectivity index (χ1n) is 5.13. The zero-order valence-electron chi connectivity index (χ0n) is 8.14. The molecule has 1 rings (SSSR count). The van der Waals surface area contributed by atoms with E-state index in [1.807, 2.05) is 11.8 Å². The summed E-state index contributed by atoms with van der Waals surface area (Å²) in [4.78, 5) is 0. The standard InChI is InChI=1S/C10H21NS/c1-12-9-3-8-11-7-2-4-10-5-6-10/h10-11H,2-9H2,1H3. The van der Waals surface area contributed by atoms with Gasteiger partial charge in [0.25, 0.3) is 0 Å². The highest BCUT2D eigenvalue weighted by Gasteiger charge is 2.19. The predicted molar refractivity (Wildman–Crippen MR) is 57.8 cm³/mol. The molecule has 0 bridgehead atoms. The molecule has 1 aliphatic rings. The Kier molecular flexibility index (Phi) is 5.88. The SMILES string of the molecule is CSCCCNCCCC1CC1. The van der Waals surface area contributed by atoms with Gasteiger partial charge < -0.3 is 5.32 Å². The quantitative estimate of drug-likeness (QED) is 0.586. The summed E-state index contributed by atoms with van der Waals surface area (Å²) < 4.78 is 0. The number of hydrogen-bond donors (Lipinski definition) is 1. The van der Waals surface area contributed by atoms with Crippen LogP contribution in [-0.4, -0.2) is 25.1 Å². The molecular formula is C10H21NS. The first-order valence-corrected chi connectivity index (χ1v) is 6.52. The molecule has 0 aliphatic heterocycles. The monoisotopic (exact) mass is 187 g/mol. The number of thioether (sulfide) groups is 1. The fraction of sp³-hybridized carbons (Fsp3) is 1.00. The van der Waals surface area contributed by atoms with Crippen LogP contribution in [0.4, 0.5) is 0 Å². The van der Waals surface area contributed by atoms with E-state index in [4.69, 9.17) is 0 Å². The lowest BCUT2D eigenvalue weighted by molar-refractivity contribution is 0.592. The molecule has 0 heterocycles. The van der Waals surface area contributed by atoms with Gasteiger partial charge in [0.15, 0.2) is 0 Å². The molecule has 2 heteroatoms. The van der Waals surface area contributed by atoms with Gasteiger partial charge in [-0.1, -0.05) is 12.8 Å². The van der Waals surface area contributed by atoms with E-state index >= 15 is 0 Å². The number of hydrogen-bond acceptors (Lipinski definition) is 2. The molecule has 1 N–H and O–H groups in total. The van der Waals surface area contributed by atoms with E-state index in [0.29, 0.717) is 0 Å². The van der Waals surface area contributed by atoms with Gasteiger partial charge in [-0.05, 0) is 50.3 Å². The maximum Gasteiger partial charge on any atom is -0.00411 e. The van der Waals surface area contributed by atoms with Crippen molar-refractivity contribution < 1.29 is 0 Å². The van der Waals surface area contributed by atoms with Crippen LogP contribution >= 0.6 is 11.8 Å². The summed E-state index contributed by atoms with van der Waals surface area (Å²) in [5.41, 5.74) is 0. The Morgan fingerprint density at radius 3 is 2.67 bits per heavy atom. The van der Waals surface area contributed by atoms with E-state index in [0.717, 1.165) is 5.92 Å². The van der Waals surface area contributed by atoms with Crippen molar-refractivity contribution in [3.05, 3.63) is 0 Å². The van der Waals surface area contributed by atoms with Gasteiger partial charge in [-0.2, -0.15) is 11.8 Å². The maximum absolute atomic E-state index is 3.49. The topological polar surface area (TPSA) is 12.0 Å². The van der Waals surface area contributed by atoms with Gasteiger partial charge in [0.2, 0.25) is 0 Å². The predicted octanol–water partition coefficient (Wildman–Crippen LogP) is 2.52. The Hall–Kier alpha value is 0.310. The minimum absolute atomic E-state index is 1.11. The van der Waals surface area contributed by atoms with Gasteiger partial charge in [-0.15, -0.1) is 0 Å². The minimum atomic E-state index is 1.11. The van der Waals surface area contributed by atoms with Gasteiger partial charge in [0.05, 0.1) is 0 Å². The molecule has 0 aromatic rings. The van der Waals surface area contributed by atoms with Crippen LogP contribution in [0.3, 0.4) is 0 Å². The van der Waals surface area contributed by atoms with Crippen LogP contribution < -0.4 is 5.32 Å². The van der Waals surface area contributed by atoms with E-state index in [2.05, 4.69) is 11.6 Å². The van der Waals surface area contributed by atoms with E-state index in [9.17, 15) is 0 Å². The Bertz CT molecular complexity index is 102. The van der Waals surface area contributed by atoms with Crippen LogP contribution in [0.25, 0.3) is 0 Å². The summed E-state index contributed by atoms with van der Waals surface area (Å²) in [5.74, 6) is 2.41. The van der Waals surface area contributed by atoms with Gasteiger partial charge in [0, 0.05) is 0 Å². The first-order chi connectivity index (χ1) is 5.93. The Labute approximate surface area is 80.7 Å². The molecular weight excluding hydrogens is 166 g/mol. The third-order valence-corrected chi connectivity index (χ3v) is 3.06. The van der Waals surface area contributed by atoms with Gasteiger partial charge in [0.1, 0.15) is 0 Å². The average Bonchev–Trinajstić information content (AvgIpc) is 2.87. The largest absolute Gasteiger partial charge is 0.317 e. The van der Waals surface area contributed by atoms with E-state index < -0.39 is 0 Å². The van der Waals surface area contributed by atoms with Gasteiger partial charge in [-0.3, -0.25) is 0 Å². The number of rotatable bonds is 8. The molecule has 0 saturated heterocycles. The van der Waals surface area contributed by atoms with Gasteiger partial charge >= 0.3 is 0 Å². The summed E-state index contributed by atoms with van der Waals surface area (Å²) in [6.07, 6.45) is 9.37. The fourth-order valence-corrected chi connectivity index (χ4v) is 1.82. The van der Waals surface area contributed by atoms with Crippen molar-refractivity contribution in [3.63, 3.8) is 0 Å². The Morgan fingerprint density at radius 2 is 2.00 bits per heavy atom. The molecule has 1 nitrogen and oxygen atoms in total. The highest BCUT2D eigenvalue weighted by molar-refractivity contribution is 7.98. The van der Waals surface area contributed by atoms with Crippen LogP contribution in [0.1, 0.15) is 32.1 Å². The summed E-state index contributed by atoms with van der Waals surface area (Å²) in [5, 5.41) is 3.49. The zero-order valence-corrected chi connectivity index (χ0v) is 8.96. The third-order valence-electron chi connectivity index (χ3n) is 2.36. The highest BCUT2D eigenvalue weighted by atomic mass is 32.2. The number of nitrogens with one attached hydrogen (secondary N) is 1. The molecule has 0 spiro atoms. The van der Waals surface area contributed by atoms with Crippen molar-refractivity contribution in [3.8, 4) is 0 Å². The van der Waals surface area contributed by atoms with Crippen LogP contribution in [0.5, 0.6) is 0 Å². The van der Waals surface area contributed by atoms with E-state index in [1.165, 1.54) is 50.9 Å². The second-order valence-electron chi connectivity index (χ2n) is 3.68. The van der Waals surface area contributed by atoms with Crippen molar-refractivity contribution in [1.82, 2.24) is 5.32 Å². The second-order valence-corrected chi connectivity index (χ2v) is 4.67. The molecule has 0 unspecified atom stereocenters. The van der Waals surface area contributed by atoms with Crippen molar-refractivity contribution in [2.24, 2.45) is 5.92 Å². The molecule has 1 aliphatic carbocycles. The van der Waals surface area contributed by atoms with Crippen molar-refractivity contribution >= 4 is 11.8 Å². The minimum Gasteiger partial charge on any atom is -0.317 e. The molecule has 0 amide bonds. The molecule has 0 aromatic heterocycles. The summed E-state index contributed by atoms with van der Waals surface area (Å²) >= 11 is 1.94. The molecule has 0 aromatic carbocycles. The van der Waals surface area contributed by atoms with Crippen molar-refractivity contribution in [2.75, 3.05) is 25.1 Å². The first kappa shape index (κ1) is 10.4. The highest BCUT2D eigenvalue weighted by Crippen LogP contribution is 2.33. The lowest BCUT2D eigenvalue weighted by Crippen LogP contribution is -2.17. The second kappa shape index (κ2) is 6.79. The molecule has 0 radical (unpaired) electrons. The average molecular weight is 187 g/mol. The molecule has 0 atom stereocenters. The molecule has 1 fully saturated rings. The van der Waals surface area contributed by atoms with Crippen LogP contribution in [0.15, 0.2) is 0 Å². The summed E-state index contributed by atoms with van der Waals surface area (Å²) in [7, 11) is 0. The van der Waals surface area contributed by atoms with Crippen LogP contribution in [0.2, 0.25) is 0 Å². The maximum atomic E-state index is 3.49. The summed E-state index contributed by atoms with van der Waals surface area (Å²) in [6, 6.07) is 0.